The molecule has 1 atom stereocenters. The van der Waals surface area contributed by atoms with Crippen molar-refractivity contribution in [2.75, 3.05) is 0 Å². The van der Waals surface area contributed by atoms with Crippen LogP contribution in [0.5, 0.6) is 0 Å². The number of fused-ring (bicyclic) bond motifs is 1. The molecule has 2 aromatic rings. The summed E-state index contributed by atoms with van der Waals surface area (Å²) in [6, 6.07) is 8.54. The van der Waals surface area contributed by atoms with Crippen LogP contribution in [-0.2, 0) is 0 Å². The van der Waals surface area contributed by atoms with Crippen LogP contribution in [0.15, 0.2) is 39.5 Å². The second kappa shape index (κ2) is 5.22. The van der Waals surface area contributed by atoms with E-state index >= 15 is 0 Å². The van der Waals surface area contributed by atoms with Crippen LogP contribution >= 0.6 is 0 Å². The van der Waals surface area contributed by atoms with Crippen LogP contribution < -0.4 is 10.9 Å². The number of rotatable bonds is 3. The normalized spacial score (nSPS) is 13.4. The SMILES string of the molecule is C#C[C@](C)(CC)NC(=O)c1cc2ccccc2oc1=O. The van der Waals surface area contributed by atoms with Crippen molar-refractivity contribution in [1.29, 1.82) is 0 Å². The molecule has 0 bridgehead atoms. The molecule has 0 aliphatic rings. The van der Waals surface area contributed by atoms with Gasteiger partial charge in [0.2, 0.25) is 0 Å². The van der Waals surface area contributed by atoms with Gasteiger partial charge in [-0.2, -0.15) is 0 Å². The first-order valence-corrected chi connectivity index (χ1v) is 6.32. The lowest BCUT2D eigenvalue weighted by Gasteiger charge is -2.23. The number of hydrogen-bond donors (Lipinski definition) is 1. The first-order valence-electron chi connectivity index (χ1n) is 6.32. The van der Waals surface area contributed by atoms with Crippen molar-refractivity contribution in [3.05, 3.63) is 46.3 Å². The Morgan fingerprint density at radius 3 is 2.80 bits per heavy atom. The molecular weight excluding hydrogens is 254 g/mol. The molecule has 1 aromatic heterocycles. The Morgan fingerprint density at radius 1 is 1.45 bits per heavy atom. The molecule has 4 heteroatoms. The zero-order valence-electron chi connectivity index (χ0n) is 11.4. The topological polar surface area (TPSA) is 59.3 Å². The minimum absolute atomic E-state index is 0.0429. The third-order valence-corrected chi connectivity index (χ3v) is 3.30. The van der Waals surface area contributed by atoms with Gasteiger partial charge >= 0.3 is 5.63 Å². The lowest BCUT2D eigenvalue weighted by Crippen LogP contribution is -2.45. The summed E-state index contributed by atoms with van der Waals surface area (Å²) in [5, 5.41) is 3.37. The smallest absolute Gasteiger partial charge is 0.349 e. The molecule has 1 amide bonds. The van der Waals surface area contributed by atoms with Gasteiger partial charge in [0, 0.05) is 5.39 Å². The minimum Gasteiger partial charge on any atom is -0.422 e. The fraction of sp³-hybridized carbons (Fsp3) is 0.250. The zero-order valence-corrected chi connectivity index (χ0v) is 11.4. The number of carbonyl (C=O) groups is 1. The molecule has 0 fully saturated rings. The predicted octanol–water partition coefficient (Wildman–Crippen LogP) is 2.32. The third-order valence-electron chi connectivity index (χ3n) is 3.30. The molecule has 1 aromatic carbocycles. The van der Waals surface area contributed by atoms with Crippen LogP contribution in [0.25, 0.3) is 11.0 Å². The highest BCUT2D eigenvalue weighted by atomic mass is 16.4. The van der Waals surface area contributed by atoms with E-state index in [-0.39, 0.29) is 5.56 Å². The van der Waals surface area contributed by atoms with E-state index in [0.29, 0.717) is 17.4 Å². The molecule has 2 rings (SSSR count). The lowest BCUT2D eigenvalue weighted by atomic mass is 9.99. The summed E-state index contributed by atoms with van der Waals surface area (Å²) in [6.07, 6.45) is 5.97. The molecule has 0 unspecified atom stereocenters. The quantitative estimate of drug-likeness (QED) is 0.687. The molecule has 0 saturated heterocycles. The van der Waals surface area contributed by atoms with Crippen LogP contribution in [0, 0.1) is 12.3 Å². The summed E-state index contributed by atoms with van der Waals surface area (Å²) < 4.78 is 5.13. The van der Waals surface area contributed by atoms with Gasteiger partial charge in [0.25, 0.3) is 5.91 Å². The van der Waals surface area contributed by atoms with E-state index in [1.54, 1.807) is 25.1 Å². The van der Waals surface area contributed by atoms with Gasteiger partial charge in [-0.25, -0.2) is 4.79 Å². The number of terminal acetylenes is 1. The van der Waals surface area contributed by atoms with E-state index < -0.39 is 17.1 Å². The highest BCUT2D eigenvalue weighted by Crippen LogP contribution is 2.14. The lowest BCUT2D eigenvalue weighted by molar-refractivity contribution is 0.0920. The van der Waals surface area contributed by atoms with Crippen LogP contribution in [0.4, 0.5) is 0 Å². The van der Waals surface area contributed by atoms with Gasteiger partial charge in [0.15, 0.2) is 0 Å². The molecule has 20 heavy (non-hydrogen) atoms. The predicted molar refractivity (Wildman–Crippen MR) is 77.5 cm³/mol. The van der Waals surface area contributed by atoms with E-state index in [9.17, 15) is 9.59 Å². The average Bonchev–Trinajstić information content (AvgIpc) is 2.46. The first kappa shape index (κ1) is 13.9. The molecule has 1 heterocycles. The van der Waals surface area contributed by atoms with Crippen molar-refractivity contribution in [3.63, 3.8) is 0 Å². The fourth-order valence-corrected chi connectivity index (χ4v) is 1.76. The highest BCUT2D eigenvalue weighted by Gasteiger charge is 2.24. The Labute approximate surface area is 116 Å². The number of para-hydroxylation sites is 1. The van der Waals surface area contributed by atoms with Gasteiger partial charge < -0.3 is 9.73 Å². The second-order valence-corrected chi connectivity index (χ2v) is 4.77. The van der Waals surface area contributed by atoms with Gasteiger partial charge in [-0.1, -0.05) is 31.0 Å². The van der Waals surface area contributed by atoms with Crippen LogP contribution in [0.1, 0.15) is 30.6 Å². The zero-order chi connectivity index (χ0) is 14.8. The maximum absolute atomic E-state index is 12.2. The largest absolute Gasteiger partial charge is 0.422 e. The van der Waals surface area contributed by atoms with Crippen molar-refractivity contribution in [2.45, 2.75) is 25.8 Å². The molecule has 0 aliphatic heterocycles. The minimum atomic E-state index is -0.783. The molecule has 4 nitrogen and oxygen atoms in total. The van der Waals surface area contributed by atoms with E-state index in [0.717, 1.165) is 0 Å². The summed E-state index contributed by atoms with van der Waals surface area (Å²) in [6.45, 7) is 3.59. The molecular formula is C16H15NO3. The number of hydrogen-bond acceptors (Lipinski definition) is 3. The second-order valence-electron chi connectivity index (χ2n) is 4.77. The van der Waals surface area contributed by atoms with E-state index in [1.807, 2.05) is 13.0 Å². The maximum atomic E-state index is 12.2. The Bertz CT molecular complexity index is 754. The number of nitrogens with one attached hydrogen (secondary N) is 1. The van der Waals surface area contributed by atoms with Gasteiger partial charge in [-0.15, -0.1) is 6.42 Å². The van der Waals surface area contributed by atoms with Crippen molar-refractivity contribution >= 4 is 16.9 Å². The van der Waals surface area contributed by atoms with Crippen LogP contribution in [0.3, 0.4) is 0 Å². The number of amides is 1. The monoisotopic (exact) mass is 269 g/mol. The molecule has 0 saturated carbocycles. The number of benzene rings is 1. The molecule has 0 spiro atoms. The van der Waals surface area contributed by atoms with Crippen LogP contribution in [0.2, 0.25) is 0 Å². The maximum Gasteiger partial charge on any atom is 0.349 e. The van der Waals surface area contributed by atoms with Gasteiger partial charge in [-0.3, -0.25) is 4.79 Å². The fourth-order valence-electron chi connectivity index (χ4n) is 1.76. The summed E-state index contributed by atoms with van der Waals surface area (Å²) in [4.78, 5) is 24.0. The Balaban J connectivity index is 2.43. The Kier molecular flexibility index (Phi) is 3.62. The van der Waals surface area contributed by atoms with E-state index in [4.69, 9.17) is 10.8 Å². The van der Waals surface area contributed by atoms with Gasteiger partial charge in [-0.05, 0) is 25.5 Å². The molecule has 1 N–H and O–H groups in total. The standard InChI is InChI=1S/C16H15NO3/c1-4-16(3,5-2)17-14(18)12-10-11-8-6-7-9-13(11)20-15(12)19/h1,6-10H,5H2,2-3H3,(H,17,18)/t16-/m1/s1. The van der Waals surface area contributed by atoms with E-state index in [1.165, 1.54) is 6.07 Å². The van der Waals surface area contributed by atoms with Crippen LogP contribution in [-0.4, -0.2) is 11.4 Å². The molecule has 0 radical (unpaired) electrons. The Hall–Kier alpha value is -2.54. The molecule has 0 aliphatic carbocycles. The third kappa shape index (κ3) is 2.57. The van der Waals surface area contributed by atoms with E-state index in [2.05, 4.69) is 11.2 Å². The summed E-state index contributed by atoms with van der Waals surface area (Å²) in [5.74, 6) is 2.00. The van der Waals surface area contributed by atoms with Gasteiger partial charge in [0.1, 0.15) is 11.1 Å². The van der Waals surface area contributed by atoms with Crippen molar-refractivity contribution in [3.8, 4) is 12.3 Å². The number of carbonyl (C=O) groups excluding carboxylic acids is 1. The average molecular weight is 269 g/mol. The first-order chi connectivity index (χ1) is 9.49. The van der Waals surface area contributed by atoms with Crippen molar-refractivity contribution in [1.82, 2.24) is 5.32 Å². The summed E-state index contributed by atoms with van der Waals surface area (Å²) >= 11 is 0. The van der Waals surface area contributed by atoms with Crippen molar-refractivity contribution in [2.24, 2.45) is 0 Å². The Morgan fingerprint density at radius 2 is 2.15 bits per heavy atom. The highest BCUT2D eigenvalue weighted by molar-refractivity contribution is 5.97. The summed E-state index contributed by atoms with van der Waals surface area (Å²) in [7, 11) is 0. The molecule has 102 valence electrons. The summed E-state index contributed by atoms with van der Waals surface area (Å²) in [5.41, 5.74) is -1.05. The van der Waals surface area contributed by atoms with Gasteiger partial charge in [0.05, 0.1) is 5.54 Å². The van der Waals surface area contributed by atoms with Crippen molar-refractivity contribution < 1.29 is 9.21 Å².